The Hall–Kier alpha value is -2.80. The van der Waals surface area contributed by atoms with Gasteiger partial charge in [0.2, 0.25) is 0 Å². The number of nitrogens with two attached hydrogens (primary N) is 1. The van der Waals surface area contributed by atoms with E-state index in [0.717, 1.165) is 5.56 Å². The molecule has 0 aliphatic carbocycles. The van der Waals surface area contributed by atoms with Crippen LogP contribution in [0.5, 0.6) is 5.75 Å². The second kappa shape index (κ2) is 7.85. The van der Waals surface area contributed by atoms with Crippen molar-refractivity contribution in [1.82, 2.24) is 19.7 Å². The first-order chi connectivity index (χ1) is 11.6. The van der Waals surface area contributed by atoms with Gasteiger partial charge in [-0.15, -0.1) is 12.4 Å². The fraction of sp³-hybridized carbons (Fsp3) is 0.235. The SMILES string of the molecule is CCOc1cccn2c(C(=O)NCc3ccnc(N)c3)c(C)nc12.Cl. The van der Waals surface area contributed by atoms with Crippen LogP contribution in [0.2, 0.25) is 0 Å². The number of carbonyl (C=O) groups excluding carboxylic acids is 1. The molecular weight excluding hydrogens is 342 g/mol. The standard InChI is InChI=1S/C17H19N5O2.ClH/c1-3-24-13-5-4-8-22-15(11(2)21-16(13)22)17(23)20-10-12-6-7-19-14(18)9-12;/h4-9H,3,10H2,1-2H3,(H2,18,19)(H,20,23);1H. The van der Waals surface area contributed by atoms with Gasteiger partial charge in [-0.25, -0.2) is 9.97 Å². The lowest BCUT2D eigenvalue weighted by Crippen LogP contribution is -2.25. The summed E-state index contributed by atoms with van der Waals surface area (Å²) in [5, 5.41) is 2.89. The summed E-state index contributed by atoms with van der Waals surface area (Å²) in [6.07, 6.45) is 3.42. The van der Waals surface area contributed by atoms with E-state index in [1.54, 1.807) is 22.9 Å². The first-order valence-electron chi connectivity index (χ1n) is 7.69. The van der Waals surface area contributed by atoms with E-state index in [-0.39, 0.29) is 18.3 Å². The van der Waals surface area contributed by atoms with Crippen molar-refractivity contribution >= 4 is 29.8 Å². The molecule has 0 saturated heterocycles. The maximum absolute atomic E-state index is 12.6. The van der Waals surface area contributed by atoms with E-state index >= 15 is 0 Å². The Kier molecular flexibility index (Phi) is 5.82. The molecule has 3 rings (SSSR count). The number of rotatable bonds is 5. The second-order valence-corrected chi connectivity index (χ2v) is 5.32. The van der Waals surface area contributed by atoms with E-state index < -0.39 is 0 Å². The molecule has 0 aromatic carbocycles. The highest BCUT2D eigenvalue weighted by Gasteiger charge is 2.18. The molecule has 3 N–H and O–H groups in total. The molecule has 0 unspecified atom stereocenters. The number of hydrogen-bond acceptors (Lipinski definition) is 5. The number of nitrogen functional groups attached to an aromatic ring is 1. The largest absolute Gasteiger partial charge is 0.490 e. The van der Waals surface area contributed by atoms with Crippen molar-refractivity contribution in [1.29, 1.82) is 0 Å². The minimum atomic E-state index is -0.205. The van der Waals surface area contributed by atoms with Gasteiger partial charge in [0.05, 0.1) is 12.3 Å². The molecule has 3 aromatic heterocycles. The van der Waals surface area contributed by atoms with Gasteiger partial charge in [0.15, 0.2) is 11.4 Å². The lowest BCUT2D eigenvalue weighted by atomic mass is 10.2. The number of aryl methyl sites for hydroxylation is 1. The van der Waals surface area contributed by atoms with Crippen LogP contribution < -0.4 is 15.8 Å². The minimum Gasteiger partial charge on any atom is -0.490 e. The number of amides is 1. The molecule has 0 bridgehead atoms. The molecule has 3 heterocycles. The summed E-state index contributed by atoms with van der Waals surface area (Å²) < 4.78 is 7.32. The predicted octanol–water partition coefficient (Wildman–Crippen LogP) is 2.37. The number of imidazole rings is 1. The van der Waals surface area contributed by atoms with E-state index in [1.165, 1.54) is 0 Å². The summed E-state index contributed by atoms with van der Waals surface area (Å²) in [4.78, 5) is 21.0. The molecule has 1 amide bonds. The number of ether oxygens (including phenoxy) is 1. The van der Waals surface area contributed by atoms with Crippen molar-refractivity contribution in [3.8, 4) is 5.75 Å². The zero-order valence-corrected chi connectivity index (χ0v) is 14.8. The van der Waals surface area contributed by atoms with Gasteiger partial charge in [-0.1, -0.05) is 0 Å². The molecular formula is C17H20ClN5O2. The average molecular weight is 362 g/mol. The average Bonchev–Trinajstić information content (AvgIpc) is 2.90. The van der Waals surface area contributed by atoms with E-state index in [9.17, 15) is 4.79 Å². The molecule has 0 radical (unpaired) electrons. The number of nitrogens with one attached hydrogen (secondary N) is 1. The first kappa shape index (κ1) is 18.5. The third-order valence-corrected chi connectivity index (χ3v) is 3.60. The third-order valence-electron chi connectivity index (χ3n) is 3.60. The van der Waals surface area contributed by atoms with Crippen LogP contribution in [0, 0.1) is 6.92 Å². The highest BCUT2D eigenvalue weighted by molar-refractivity contribution is 5.94. The Balaban J connectivity index is 0.00000225. The Labute approximate surface area is 151 Å². The third kappa shape index (κ3) is 3.83. The molecule has 0 aliphatic heterocycles. The van der Waals surface area contributed by atoms with Crippen molar-refractivity contribution in [2.24, 2.45) is 0 Å². The molecule has 7 nitrogen and oxygen atoms in total. The monoisotopic (exact) mass is 361 g/mol. The number of hydrogen-bond donors (Lipinski definition) is 2. The number of fused-ring (bicyclic) bond motifs is 1. The molecule has 0 atom stereocenters. The molecule has 0 spiro atoms. The van der Waals surface area contributed by atoms with Gasteiger partial charge in [-0.05, 0) is 43.7 Å². The van der Waals surface area contributed by atoms with Gasteiger partial charge in [0.1, 0.15) is 11.5 Å². The van der Waals surface area contributed by atoms with E-state index in [4.69, 9.17) is 10.5 Å². The fourth-order valence-electron chi connectivity index (χ4n) is 2.57. The Morgan fingerprint density at radius 3 is 2.92 bits per heavy atom. The summed E-state index contributed by atoms with van der Waals surface area (Å²) >= 11 is 0. The summed E-state index contributed by atoms with van der Waals surface area (Å²) in [5.41, 5.74) is 8.31. The highest BCUT2D eigenvalue weighted by Crippen LogP contribution is 2.22. The van der Waals surface area contributed by atoms with Gasteiger partial charge in [0, 0.05) is 18.9 Å². The number of carbonyl (C=O) groups is 1. The number of anilines is 1. The predicted molar refractivity (Wildman–Crippen MR) is 98.2 cm³/mol. The number of aromatic nitrogens is 3. The van der Waals surface area contributed by atoms with Crippen LogP contribution in [-0.4, -0.2) is 26.9 Å². The van der Waals surface area contributed by atoms with Crippen molar-refractivity contribution in [2.45, 2.75) is 20.4 Å². The lowest BCUT2D eigenvalue weighted by molar-refractivity contribution is 0.0944. The van der Waals surface area contributed by atoms with Crippen LogP contribution in [-0.2, 0) is 6.54 Å². The van der Waals surface area contributed by atoms with E-state index in [2.05, 4.69) is 15.3 Å². The maximum atomic E-state index is 12.6. The molecule has 8 heteroatoms. The van der Waals surface area contributed by atoms with E-state index in [1.807, 2.05) is 32.0 Å². The summed E-state index contributed by atoms with van der Waals surface area (Å²) in [6, 6.07) is 7.21. The van der Waals surface area contributed by atoms with Crippen LogP contribution in [0.1, 0.15) is 28.7 Å². The molecule has 3 aromatic rings. The highest BCUT2D eigenvalue weighted by atomic mass is 35.5. The maximum Gasteiger partial charge on any atom is 0.270 e. The zero-order chi connectivity index (χ0) is 17.1. The Morgan fingerprint density at radius 1 is 1.40 bits per heavy atom. The Bertz CT molecular complexity index is 894. The van der Waals surface area contributed by atoms with Gasteiger partial charge in [0.25, 0.3) is 5.91 Å². The second-order valence-electron chi connectivity index (χ2n) is 5.32. The number of pyridine rings is 2. The molecule has 0 saturated carbocycles. The smallest absolute Gasteiger partial charge is 0.270 e. The topological polar surface area (TPSA) is 94.5 Å². The van der Waals surface area contributed by atoms with Gasteiger partial charge < -0.3 is 15.8 Å². The van der Waals surface area contributed by atoms with Gasteiger partial charge in [-0.2, -0.15) is 0 Å². The summed E-state index contributed by atoms with van der Waals surface area (Å²) in [6.45, 7) is 4.62. The number of halogens is 1. The van der Waals surface area contributed by atoms with Crippen LogP contribution in [0.4, 0.5) is 5.82 Å². The van der Waals surface area contributed by atoms with Crippen molar-refractivity contribution in [2.75, 3.05) is 12.3 Å². The van der Waals surface area contributed by atoms with Crippen molar-refractivity contribution in [3.63, 3.8) is 0 Å². The molecule has 0 aliphatic rings. The molecule has 0 fully saturated rings. The first-order valence-corrected chi connectivity index (χ1v) is 7.69. The minimum absolute atomic E-state index is 0. The lowest BCUT2D eigenvalue weighted by Gasteiger charge is -2.08. The van der Waals surface area contributed by atoms with Crippen LogP contribution in [0.15, 0.2) is 36.7 Å². The summed E-state index contributed by atoms with van der Waals surface area (Å²) in [5.74, 6) is 0.877. The zero-order valence-electron chi connectivity index (χ0n) is 14.0. The molecule has 25 heavy (non-hydrogen) atoms. The fourth-order valence-corrected chi connectivity index (χ4v) is 2.57. The van der Waals surface area contributed by atoms with Crippen LogP contribution in [0.3, 0.4) is 0 Å². The Morgan fingerprint density at radius 2 is 2.20 bits per heavy atom. The van der Waals surface area contributed by atoms with Crippen molar-refractivity contribution in [3.05, 3.63) is 53.6 Å². The van der Waals surface area contributed by atoms with Crippen LogP contribution in [0.25, 0.3) is 5.65 Å². The summed E-state index contributed by atoms with van der Waals surface area (Å²) in [7, 11) is 0. The normalized spacial score (nSPS) is 10.3. The van der Waals surface area contributed by atoms with Crippen LogP contribution >= 0.6 is 12.4 Å². The molecule has 132 valence electrons. The van der Waals surface area contributed by atoms with Gasteiger partial charge in [-0.3, -0.25) is 9.20 Å². The van der Waals surface area contributed by atoms with Gasteiger partial charge >= 0.3 is 0 Å². The van der Waals surface area contributed by atoms with E-state index in [0.29, 0.717) is 41.8 Å². The number of nitrogens with zero attached hydrogens (tertiary/aromatic N) is 3. The van der Waals surface area contributed by atoms with Crippen molar-refractivity contribution < 1.29 is 9.53 Å². The quantitative estimate of drug-likeness (QED) is 0.727.